The highest BCUT2D eigenvalue weighted by Crippen LogP contribution is 2.42. The van der Waals surface area contributed by atoms with Crippen LogP contribution in [0, 0.1) is 5.41 Å². The van der Waals surface area contributed by atoms with Crippen LogP contribution in [0.3, 0.4) is 0 Å². The number of nitrogens with one attached hydrogen (secondary N) is 1. The maximum atomic E-state index is 11.6. The Hall–Kier alpha value is -1.03. The molecular formula is C11H15NO2S. The summed E-state index contributed by atoms with van der Waals surface area (Å²) in [7, 11) is 1.47. The summed E-state index contributed by atoms with van der Waals surface area (Å²) >= 11 is 1.65. The van der Waals surface area contributed by atoms with Crippen molar-refractivity contribution >= 4 is 22.3 Å². The highest BCUT2D eigenvalue weighted by atomic mass is 32.1. The van der Waals surface area contributed by atoms with Crippen LogP contribution in [-0.2, 0) is 9.53 Å². The Labute approximate surface area is 93.4 Å². The van der Waals surface area contributed by atoms with E-state index in [1.54, 1.807) is 11.3 Å². The second-order valence-corrected chi connectivity index (χ2v) is 4.90. The van der Waals surface area contributed by atoms with E-state index < -0.39 is 0 Å². The fourth-order valence-electron chi connectivity index (χ4n) is 1.91. The largest absolute Gasteiger partial charge is 0.469 e. The average Bonchev–Trinajstić information content (AvgIpc) is 2.68. The fourth-order valence-corrected chi connectivity index (χ4v) is 2.52. The van der Waals surface area contributed by atoms with Crippen molar-refractivity contribution in [3.05, 3.63) is 17.5 Å². The zero-order chi connectivity index (χ0) is 10.7. The molecule has 0 radical (unpaired) electrons. The molecule has 0 bridgehead atoms. The van der Waals surface area contributed by atoms with E-state index in [4.69, 9.17) is 4.74 Å². The van der Waals surface area contributed by atoms with Gasteiger partial charge in [-0.25, -0.2) is 0 Å². The number of hydrogen-bond acceptors (Lipinski definition) is 4. The van der Waals surface area contributed by atoms with Gasteiger partial charge >= 0.3 is 5.97 Å². The van der Waals surface area contributed by atoms with Crippen LogP contribution in [0.5, 0.6) is 0 Å². The first-order valence-corrected chi connectivity index (χ1v) is 6.01. The predicted octanol–water partition coefficient (Wildman–Crippen LogP) is 2.50. The molecule has 4 heteroatoms. The van der Waals surface area contributed by atoms with Crippen molar-refractivity contribution in [3.8, 4) is 0 Å². The van der Waals surface area contributed by atoms with Crippen molar-refractivity contribution in [1.29, 1.82) is 0 Å². The first kappa shape index (κ1) is 10.5. The number of esters is 1. The van der Waals surface area contributed by atoms with Crippen molar-refractivity contribution in [3.63, 3.8) is 0 Å². The molecule has 0 saturated heterocycles. The molecule has 15 heavy (non-hydrogen) atoms. The first-order chi connectivity index (χ1) is 7.27. The molecule has 0 aromatic carbocycles. The first-order valence-electron chi connectivity index (χ1n) is 5.13. The fraction of sp³-hybridized carbons (Fsp3) is 0.545. The highest BCUT2D eigenvalue weighted by molar-refractivity contribution is 7.14. The number of rotatable bonds is 4. The van der Waals surface area contributed by atoms with E-state index in [-0.39, 0.29) is 11.4 Å². The summed E-state index contributed by atoms with van der Waals surface area (Å²) < 4.78 is 4.85. The standard InChI is InChI=1S/C11H15NO2S/c1-14-10(13)11(5-3-6-11)8-12-9-4-2-7-15-9/h2,4,7,12H,3,5-6,8H2,1H3. The van der Waals surface area contributed by atoms with E-state index in [0.717, 1.165) is 24.3 Å². The molecule has 1 N–H and O–H groups in total. The lowest BCUT2D eigenvalue weighted by Crippen LogP contribution is -2.44. The number of methoxy groups -OCH3 is 1. The molecule has 0 amide bonds. The van der Waals surface area contributed by atoms with Crippen LogP contribution in [0.15, 0.2) is 17.5 Å². The topological polar surface area (TPSA) is 38.3 Å². The highest BCUT2D eigenvalue weighted by Gasteiger charge is 2.45. The molecule has 82 valence electrons. The molecule has 3 nitrogen and oxygen atoms in total. The molecule has 1 fully saturated rings. The van der Waals surface area contributed by atoms with Crippen LogP contribution in [-0.4, -0.2) is 19.6 Å². The third-order valence-electron chi connectivity index (χ3n) is 3.05. The Morgan fingerprint density at radius 2 is 2.47 bits per heavy atom. The van der Waals surface area contributed by atoms with Crippen LogP contribution in [0.25, 0.3) is 0 Å². The SMILES string of the molecule is COC(=O)C1(CNc2cccs2)CCC1. The molecule has 1 saturated carbocycles. The molecule has 1 aliphatic rings. The Kier molecular flexibility index (Phi) is 2.95. The van der Waals surface area contributed by atoms with Crippen LogP contribution in [0.2, 0.25) is 0 Å². The number of anilines is 1. The van der Waals surface area contributed by atoms with E-state index >= 15 is 0 Å². The minimum atomic E-state index is -0.265. The average molecular weight is 225 g/mol. The number of thiophene rings is 1. The minimum Gasteiger partial charge on any atom is -0.469 e. The van der Waals surface area contributed by atoms with Gasteiger partial charge in [-0.15, -0.1) is 11.3 Å². The summed E-state index contributed by atoms with van der Waals surface area (Å²) in [6.07, 6.45) is 3.01. The van der Waals surface area contributed by atoms with Gasteiger partial charge in [-0.2, -0.15) is 0 Å². The third kappa shape index (κ3) is 2.00. The lowest BCUT2D eigenvalue weighted by molar-refractivity contribution is -0.157. The minimum absolute atomic E-state index is 0.0715. The van der Waals surface area contributed by atoms with E-state index in [1.807, 2.05) is 17.5 Å². The van der Waals surface area contributed by atoms with Gasteiger partial charge in [0.25, 0.3) is 0 Å². The maximum absolute atomic E-state index is 11.6. The van der Waals surface area contributed by atoms with E-state index in [0.29, 0.717) is 6.54 Å². The van der Waals surface area contributed by atoms with E-state index in [9.17, 15) is 4.79 Å². The third-order valence-corrected chi connectivity index (χ3v) is 3.88. The molecule has 0 unspecified atom stereocenters. The molecule has 0 atom stereocenters. The van der Waals surface area contributed by atoms with Gasteiger partial charge in [0.15, 0.2) is 0 Å². The van der Waals surface area contributed by atoms with Gasteiger partial charge in [0.2, 0.25) is 0 Å². The molecule has 0 aliphatic heterocycles. The lowest BCUT2D eigenvalue weighted by Gasteiger charge is -2.38. The molecule has 1 aromatic rings. The van der Waals surface area contributed by atoms with Gasteiger partial charge < -0.3 is 10.1 Å². The van der Waals surface area contributed by atoms with Crippen molar-refractivity contribution in [2.24, 2.45) is 5.41 Å². The Morgan fingerprint density at radius 1 is 1.67 bits per heavy atom. The monoisotopic (exact) mass is 225 g/mol. The molecular weight excluding hydrogens is 210 g/mol. The van der Waals surface area contributed by atoms with Crippen LogP contribution in [0.1, 0.15) is 19.3 Å². The summed E-state index contributed by atoms with van der Waals surface area (Å²) in [6, 6.07) is 4.02. The number of carbonyl (C=O) groups excluding carboxylic acids is 1. The van der Waals surface area contributed by atoms with E-state index in [1.165, 1.54) is 7.11 Å². The smallest absolute Gasteiger partial charge is 0.313 e. The predicted molar refractivity (Wildman–Crippen MR) is 61.1 cm³/mol. The summed E-state index contributed by atoms with van der Waals surface area (Å²) in [5, 5.41) is 6.44. The van der Waals surface area contributed by atoms with Crippen molar-refractivity contribution in [2.45, 2.75) is 19.3 Å². The van der Waals surface area contributed by atoms with Crippen LogP contribution >= 0.6 is 11.3 Å². The molecule has 1 aromatic heterocycles. The van der Waals surface area contributed by atoms with Crippen molar-refractivity contribution < 1.29 is 9.53 Å². The molecule has 1 heterocycles. The second-order valence-electron chi connectivity index (χ2n) is 3.96. The summed E-state index contributed by atoms with van der Waals surface area (Å²) in [4.78, 5) is 11.6. The second kappa shape index (κ2) is 4.23. The number of ether oxygens (including phenoxy) is 1. The maximum Gasteiger partial charge on any atom is 0.313 e. The van der Waals surface area contributed by atoms with Gasteiger partial charge in [-0.1, -0.05) is 6.42 Å². The Morgan fingerprint density at radius 3 is 2.93 bits per heavy atom. The van der Waals surface area contributed by atoms with Gasteiger partial charge in [-0.3, -0.25) is 4.79 Å². The van der Waals surface area contributed by atoms with Gasteiger partial charge in [0, 0.05) is 6.54 Å². The summed E-state index contributed by atoms with van der Waals surface area (Å²) in [5.41, 5.74) is -0.265. The molecule has 1 aliphatic carbocycles. The lowest BCUT2D eigenvalue weighted by atomic mass is 9.68. The van der Waals surface area contributed by atoms with Crippen molar-refractivity contribution in [1.82, 2.24) is 0 Å². The van der Waals surface area contributed by atoms with E-state index in [2.05, 4.69) is 5.32 Å². The zero-order valence-electron chi connectivity index (χ0n) is 8.79. The van der Waals surface area contributed by atoms with Crippen LogP contribution < -0.4 is 5.32 Å². The van der Waals surface area contributed by atoms with Crippen LogP contribution in [0.4, 0.5) is 5.00 Å². The van der Waals surface area contributed by atoms with Gasteiger partial charge in [-0.05, 0) is 30.4 Å². The quantitative estimate of drug-likeness (QED) is 0.800. The van der Waals surface area contributed by atoms with Gasteiger partial charge in [0.05, 0.1) is 17.5 Å². The zero-order valence-corrected chi connectivity index (χ0v) is 9.60. The molecule has 0 spiro atoms. The van der Waals surface area contributed by atoms with Gasteiger partial charge in [0.1, 0.15) is 0 Å². The molecule has 2 rings (SSSR count). The number of hydrogen-bond donors (Lipinski definition) is 1. The Bertz CT molecular complexity index is 330. The van der Waals surface area contributed by atoms with Crippen molar-refractivity contribution in [2.75, 3.05) is 19.0 Å². The summed E-state index contributed by atoms with van der Waals surface area (Å²) in [6.45, 7) is 0.695. The Balaban J connectivity index is 1.94. The number of carbonyl (C=O) groups is 1. The summed E-state index contributed by atoms with van der Waals surface area (Å²) in [5.74, 6) is -0.0715. The normalized spacial score (nSPS) is 17.9.